The predicted molar refractivity (Wildman–Crippen MR) is 77.8 cm³/mol. The number of hydrogen-bond acceptors (Lipinski definition) is 5. The van der Waals surface area contributed by atoms with E-state index < -0.39 is 7.82 Å². The molecule has 20 heavy (non-hydrogen) atoms. The van der Waals surface area contributed by atoms with Crippen LogP contribution in [0.3, 0.4) is 0 Å². The lowest BCUT2D eigenvalue weighted by atomic mass is 10.3. The molecule has 0 atom stereocenters. The highest BCUT2D eigenvalue weighted by atomic mass is 31.2. The van der Waals surface area contributed by atoms with Crippen LogP contribution in [0.1, 0.15) is 27.2 Å². The molecule has 1 aliphatic heterocycles. The first-order chi connectivity index (χ1) is 9.40. The van der Waals surface area contributed by atoms with Gasteiger partial charge in [0.05, 0.1) is 19.8 Å². The molecule has 1 saturated heterocycles. The zero-order valence-corrected chi connectivity index (χ0v) is 14.0. The van der Waals surface area contributed by atoms with Gasteiger partial charge in [-0.2, -0.15) is 0 Å². The fourth-order valence-corrected chi connectivity index (χ4v) is 2.79. The van der Waals surface area contributed by atoms with Gasteiger partial charge in [-0.1, -0.05) is 0 Å². The van der Waals surface area contributed by atoms with Crippen LogP contribution in [0.2, 0.25) is 0 Å². The van der Waals surface area contributed by atoms with Gasteiger partial charge in [0, 0.05) is 27.2 Å². The maximum absolute atomic E-state index is 11.3. The molecule has 0 aromatic heterocycles. The van der Waals surface area contributed by atoms with Crippen molar-refractivity contribution < 1.29 is 22.9 Å². The molecule has 0 N–H and O–H groups in total. The van der Waals surface area contributed by atoms with E-state index in [0.29, 0.717) is 19.8 Å². The third-order valence-electron chi connectivity index (χ3n) is 2.50. The second-order valence-corrected chi connectivity index (χ2v) is 5.85. The Morgan fingerprint density at radius 2 is 1.30 bits per heavy atom. The van der Waals surface area contributed by atoms with Crippen LogP contribution in [-0.4, -0.2) is 62.8 Å². The fraction of sp³-hybridized carbons (Fsp3) is 0.917. The van der Waals surface area contributed by atoms with Crippen molar-refractivity contribution in [1.29, 1.82) is 0 Å². The van der Waals surface area contributed by atoms with Crippen molar-refractivity contribution in [2.24, 2.45) is 0 Å². The van der Waals surface area contributed by atoms with Gasteiger partial charge in [0.15, 0.2) is 0 Å². The molecule has 1 rings (SSSR count). The van der Waals surface area contributed by atoms with Crippen molar-refractivity contribution in [3.8, 4) is 0 Å². The Bertz CT molecular complexity index is 291. The average molecular weight is 310 g/mol. The van der Waals surface area contributed by atoms with E-state index in [0.717, 1.165) is 19.5 Å². The number of urea groups is 1. The highest BCUT2D eigenvalue weighted by molar-refractivity contribution is 7.48. The number of hydrogen-bond donors (Lipinski definition) is 0. The number of nitrogens with zero attached hydrogens (tertiary/aromatic N) is 2. The molecule has 0 bridgehead atoms. The summed E-state index contributed by atoms with van der Waals surface area (Å²) in [5.41, 5.74) is 0. The van der Waals surface area contributed by atoms with Crippen LogP contribution in [0.25, 0.3) is 0 Å². The molecule has 0 saturated carbocycles. The van der Waals surface area contributed by atoms with E-state index in [9.17, 15) is 9.36 Å². The van der Waals surface area contributed by atoms with Gasteiger partial charge >= 0.3 is 13.9 Å². The van der Waals surface area contributed by atoms with Crippen molar-refractivity contribution >= 4 is 13.9 Å². The Morgan fingerprint density at radius 3 is 1.55 bits per heavy atom. The third kappa shape index (κ3) is 7.24. The van der Waals surface area contributed by atoms with Gasteiger partial charge in [0.25, 0.3) is 0 Å². The van der Waals surface area contributed by atoms with Crippen molar-refractivity contribution in [2.75, 3.05) is 47.0 Å². The van der Waals surface area contributed by atoms with E-state index in [4.69, 9.17) is 13.6 Å². The molecular weight excluding hydrogens is 283 g/mol. The maximum atomic E-state index is 11.3. The van der Waals surface area contributed by atoms with Crippen LogP contribution >= 0.6 is 7.82 Å². The van der Waals surface area contributed by atoms with E-state index >= 15 is 0 Å². The lowest BCUT2D eigenvalue weighted by Crippen LogP contribution is -2.44. The highest BCUT2D eigenvalue weighted by Gasteiger charge is 2.23. The summed E-state index contributed by atoms with van der Waals surface area (Å²) in [6, 6.07) is 0.140. The van der Waals surface area contributed by atoms with Gasteiger partial charge < -0.3 is 9.80 Å². The molecule has 8 heteroatoms. The normalized spacial score (nSPS) is 15.9. The quantitative estimate of drug-likeness (QED) is 0.705. The van der Waals surface area contributed by atoms with Crippen LogP contribution in [0, 0.1) is 0 Å². The molecule has 1 aliphatic rings. The first kappa shape index (κ1) is 19.4. The van der Waals surface area contributed by atoms with Crippen molar-refractivity contribution in [2.45, 2.75) is 27.2 Å². The Hall–Kier alpha value is -0.620. The van der Waals surface area contributed by atoms with Gasteiger partial charge in [-0.3, -0.25) is 13.6 Å². The van der Waals surface area contributed by atoms with Gasteiger partial charge in [0.1, 0.15) is 0 Å². The molecule has 0 radical (unpaired) electrons. The fourth-order valence-electron chi connectivity index (χ4n) is 1.61. The number of rotatable bonds is 6. The van der Waals surface area contributed by atoms with E-state index in [1.54, 1.807) is 30.6 Å². The Balaban J connectivity index is 0.000000367. The molecule has 0 spiro atoms. The summed E-state index contributed by atoms with van der Waals surface area (Å²) in [4.78, 5) is 14.5. The molecule has 0 aliphatic carbocycles. The molecule has 0 unspecified atom stereocenters. The van der Waals surface area contributed by atoms with Crippen LogP contribution in [-0.2, 0) is 18.1 Å². The summed E-state index contributed by atoms with van der Waals surface area (Å²) < 4.78 is 25.8. The highest BCUT2D eigenvalue weighted by Crippen LogP contribution is 2.48. The Morgan fingerprint density at radius 1 is 0.950 bits per heavy atom. The van der Waals surface area contributed by atoms with Gasteiger partial charge in [0.2, 0.25) is 0 Å². The Labute approximate surface area is 121 Å². The smallest absolute Gasteiger partial charge is 0.328 e. The molecule has 120 valence electrons. The van der Waals surface area contributed by atoms with Crippen molar-refractivity contribution in [3.63, 3.8) is 0 Å². The van der Waals surface area contributed by atoms with Gasteiger partial charge in [-0.25, -0.2) is 9.36 Å². The van der Waals surface area contributed by atoms with Gasteiger partial charge in [-0.15, -0.1) is 0 Å². The van der Waals surface area contributed by atoms with Crippen LogP contribution in [0.5, 0.6) is 0 Å². The minimum Gasteiger partial charge on any atom is -0.328 e. The zero-order chi connectivity index (χ0) is 15.6. The third-order valence-corrected chi connectivity index (χ3v) is 4.23. The van der Waals surface area contributed by atoms with Crippen LogP contribution in [0.4, 0.5) is 4.79 Å². The largest absolute Gasteiger partial charge is 0.474 e. The molecule has 0 aromatic rings. The summed E-state index contributed by atoms with van der Waals surface area (Å²) in [5, 5.41) is 0. The molecule has 0 aromatic carbocycles. The minimum atomic E-state index is -3.22. The lowest BCUT2D eigenvalue weighted by Gasteiger charge is -2.30. The van der Waals surface area contributed by atoms with Crippen molar-refractivity contribution in [3.05, 3.63) is 0 Å². The lowest BCUT2D eigenvalue weighted by molar-refractivity contribution is 0.126. The molecule has 2 amide bonds. The Kier molecular flexibility index (Phi) is 9.84. The van der Waals surface area contributed by atoms with E-state index in [1.165, 1.54) is 0 Å². The summed E-state index contributed by atoms with van der Waals surface area (Å²) in [5.74, 6) is 0. The number of carbonyl (C=O) groups is 1. The second-order valence-electron chi connectivity index (χ2n) is 4.18. The van der Waals surface area contributed by atoms with Crippen molar-refractivity contribution in [1.82, 2.24) is 9.80 Å². The molecule has 7 nitrogen and oxygen atoms in total. The van der Waals surface area contributed by atoms with E-state index in [-0.39, 0.29) is 6.03 Å². The number of phosphoric ester groups is 1. The summed E-state index contributed by atoms with van der Waals surface area (Å²) in [6.07, 6.45) is 1.10. The summed E-state index contributed by atoms with van der Waals surface area (Å²) in [7, 11) is 0.443. The van der Waals surface area contributed by atoms with Gasteiger partial charge in [-0.05, 0) is 27.2 Å². The molecule has 1 heterocycles. The van der Waals surface area contributed by atoms with E-state index in [1.807, 2.05) is 14.1 Å². The first-order valence-electron chi connectivity index (χ1n) is 6.90. The number of phosphoric acid groups is 1. The average Bonchev–Trinajstić information content (AvgIpc) is 2.37. The molecular formula is C12H27N2O5P. The van der Waals surface area contributed by atoms with E-state index in [2.05, 4.69) is 0 Å². The minimum absolute atomic E-state index is 0.140. The number of carbonyl (C=O) groups excluding carboxylic acids is 1. The predicted octanol–water partition coefficient (Wildman–Crippen LogP) is 2.58. The maximum Gasteiger partial charge on any atom is 0.474 e. The monoisotopic (exact) mass is 310 g/mol. The summed E-state index contributed by atoms with van der Waals surface area (Å²) >= 11 is 0. The summed E-state index contributed by atoms with van der Waals surface area (Å²) in [6.45, 7) is 8.03. The molecule has 1 fully saturated rings. The van der Waals surface area contributed by atoms with Crippen LogP contribution < -0.4 is 0 Å². The standard InChI is InChI=1S/C6H12N2O.C6H15O4P/c1-7-4-3-5-8(2)6(7)9;1-4-8-11(7,9-5-2)10-6-3/h3-5H2,1-2H3;4-6H2,1-3H3. The second kappa shape index (κ2) is 10.2. The number of amides is 2. The van der Waals surface area contributed by atoms with Crippen LogP contribution in [0.15, 0.2) is 0 Å². The topological polar surface area (TPSA) is 68.3 Å². The zero-order valence-electron chi connectivity index (χ0n) is 13.1. The SMILES string of the molecule is CCOP(=O)(OCC)OCC.CN1CCCN(C)C1=O. The first-order valence-corrected chi connectivity index (χ1v) is 8.36.